The smallest absolute Gasteiger partial charge is 0.214 e. The minimum absolute atomic E-state index is 0.0490. The molecule has 1 saturated heterocycles. The summed E-state index contributed by atoms with van der Waals surface area (Å²) < 4.78 is 26.3. The third-order valence-corrected chi connectivity index (χ3v) is 5.40. The first-order chi connectivity index (χ1) is 8.26. The molecule has 5 heteroatoms. The summed E-state index contributed by atoms with van der Waals surface area (Å²) in [7, 11) is -3.12. The van der Waals surface area contributed by atoms with Crippen molar-refractivity contribution in [2.45, 2.75) is 58.9 Å². The SMILES string of the molecule is CC(C)(C)CCS(=O)(=O)N1CCCC1CCCO. The maximum absolute atomic E-state index is 12.3. The van der Waals surface area contributed by atoms with Crippen LogP contribution in [-0.4, -0.2) is 42.8 Å². The fraction of sp³-hybridized carbons (Fsp3) is 1.00. The molecule has 0 aromatic carbocycles. The van der Waals surface area contributed by atoms with Crippen LogP contribution >= 0.6 is 0 Å². The predicted molar refractivity (Wildman–Crippen MR) is 73.9 cm³/mol. The van der Waals surface area contributed by atoms with Crippen molar-refractivity contribution in [2.75, 3.05) is 18.9 Å². The largest absolute Gasteiger partial charge is 0.396 e. The molecule has 1 aliphatic heterocycles. The van der Waals surface area contributed by atoms with Gasteiger partial charge in [0.15, 0.2) is 0 Å². The van der Waals surface area contributed by atoms with Gasteiger partial charge in [-0.2, -0.15) is 4.31 Å². The zero-order valence-corrected chi connectivity index (χ0v) is 12.7. The Labute approximate surface area is 111 Å². The van der Waals surface area contributed by atoms with E-state index in [2.05, 4.69) is 20.8 Å². The fourth-order valence-corrected chi connectivity index (χ4v) is 4.52. The Morgan fingerprint density at radius 3 is 2.56 bits per heavy atom. The normalized spacial score (nSPS) is 22.6. The van der Waals surface area contributed by atoms with Crippen LogP contribution in [0.1, 0.15) is 52.9 Å². The number of hydrogen-bond donors (Lipinski definition) is 1. The van der Waals surface area contributed by atoms with Crippen LogP contribution in [0.3, 0.4) is 0 Å². The molecule has 0 amide bonds. The molecule has 0 radical (unpaired) electrons. The Morgan fingerprint density at radius 2 is 2.00 bits per heavy atom. The Hall–Kier alpha value is -0.130. The summed E-state index contributed by atoms with van der Waals surface area (Å²) in [6, 6.07) is 0.113. The molecule has 0 spiro atoms. The molecule has 0 saturated carbocycles. The van der Waals surface area contributed by atoms with Crippen molar-refractivity contribution in [2.24, 2.45) is 5.41 Å². The Bertz CT molecular complexity index is 346. The van der Waals surface area contributed by atoms with Gasteiger partial charge in [-0.1, -0.05) is 20.8 Å². The minimum atomic E-state index is -3.12. The molecule has 4 nitrogen and oxygen atoms in total. The molecule has 1 heterocycles. The average molecular weight is 277 g/mol. The van der Waals surface area contributed by atoms with Gasteiger partial charge >= 0.3 is 0 Å². The summed E-state index contributed by atoms with van der Waals surface area (Å²) in [5, 5.41) is 8.86. The maximum Gasteiger partial charge on any atom is 0.214 e. The number of nitrogens with zero attached hydrogens (tertiary/aromatic N) is 1. The summed E-state index contributed by atoms with van der Waals surface area (Å²) in [6.07, 6.45) is 4.05. The molecule has 1 unspecified atom stereocenters. The first-order valence-electron chi connectivity index (χ1n) is 6.87. The Balaban J connectivity index is 2.60. The Kier molecular flexibility index (Phi) is 5.62. The average Bonchev–Trinajstić information content (AvgIpc) is 2.72. The fourth-order valence-electron chi connectivity index (χ4n) is 2.34. The molecule has 1 rings (SSSR count). The third-order valence-electron chi connectivity index (χ3n) is 3.49. The highest BCUT2D eigenvalue weighted by Gasteiger charge is 2.33. The zero-order valence-electron chi connectivity index (χ0n) is 11.9. The topological polar surface area (TPSA) is 57.6 Å². The summed E-state index contributed by atoms with van der Waals surface area (Å²) in [5.74, 6) is 0.242. The van der Waals surface area contributed by atoms with E-state index in [9.17, 15) is 8.42 Å². The van der Waals surface area contributed by atoms with Crippen LogP contribution in [0.25, 0.3) is 0 Å². The van der Waals surface area contributed by atoms with Gasteiger partial charge in [0.2, 0.25) is 10.0 Å². The van der Waals surface area contributed by atoms with E-state index >= 15 is 0 Å². The highest BCUT2D eigenvalue weighted by atomic mass is 32.2. The summed E-state index contributed by atoms with van der Waals surface area (Å²) >= 11 is 0. The molecular formula is C13H27NO3S. The molecule has 0 aromatic heterocycles. The van der Waals surface area contributed by atoms with E-state index in [-0.39, 0.29) is 23.8 Å². The lowest BCUT2D eigenvalue weighted by Gasteiger charge is -2.26. The lowest BCUT2D eigenvalue weighted by atomic mass is 9.94. The monoisotopic (exact) mass is 277 g/mol. The van der Waals surface area contributed by atoms with E-state index < -0.39 is 10.0 Å². The second-order valence-corrected chi connectivity index (χ2v) is 8.44. The van der Waals surface area contributed by atoms with Crippen LogP contribution in [0, 0.1) is 5.41 Å². The van der Waals surface area contributed by atoms with E-state index in [0.717, 1.165) is 19.3 Å². The summed E-state index contributed by atoms with van der Waals surface area (Å²) in [5.41, 5.74) is 0.0490. The predicted octanol–water partition coefficient (Wildman–Crippen LogP) is 1.99. The molecule has 0 aromatic rings. The van der Waals surface area contributed by atoms with E-state index in [1.807, 2.05) is 0 Å². The van der Waals surface area contributed by atoms with Gasteiger partial charge in [-0.25, -0.2) is 8.42 Å². The van der Waals surface area contributed by atoms with Gasteiger partial charge in [0.25, 0.3) is 0 Å². The molecule has 1 atom stereocenters. The molecule has 0 aliphatic carbocycles. The van der Waals surface area contributed by atoms with Gasteiger partial charge in [-0.3, -0.25) is 0 Å². The highest BCUT2D eigenvalue weighted by Crippen LogP contribution is 2.27. The van der Waals surface area contributed by atoms with Crippen LogP contribution in [0.4, 0.5) is 0 Å². The van der Waals surface area contributed by atoms with E-state index in [4.69, 9.17) is 5.11 Å². The second-order valence-electron chi connectivity index (χ2n) is 6.40. The van der Waals surface area contributed by atoms with Crippen LogP contribution in [-0.2, 0) is 10.0 Å². The molecule has 1 N–H and O–H groups in total. The first-order valence-corrected chi connectivity index (χ1v) is 8.47. The van der Waals surface area contributed by atoms with Crippen LogP contribution in [0.15, 0.2) is 0 Å². The van der Waals surface area contributed by atoms with Crippen LogP contribution in [0.2, 0.25) is 0 Å². The van der Waals surface area contributed by atoms with Crippen LogP contribution in [0.5, 0.6) is 0 Å². The minimum Gasteiger partial charge on any atom is -0.396 e. The van der Waals surface area contributed by atoms with Gasteiger partial charge in [0.05, 0.1) is 5.75 Å². The van der Waals surface area contributed by atoms with Crippen molar-refractivity contribution in [3.63, 3.8) is 0 Å². The number of sulfonamides is 1. The summed E-state index contributed by atoms with van der Waals surface area (Å²) in [4.78, 5) is 0. The lowest BCUT2D eigenvalue weighted by molar-refractivity contribution is 0.263. The number of aliphatic hydroxyl groups excluding tert-OH is 1. The second kappa shape index (κ2) is 6.35. The van der Waals surface area contributed by atoms with Crippen molar-refractivity contribution in [1.82, 2.24) is 4.31 Å². The number of rotatable bonds is 6. The van der Waals surface area contributed by atoms with Gasteiger partial charge in [0.1, 0.15) is 0 Å². The van der Waals surface area contributed by atoms with E-state index in [1.165, 1.54) is 0 Å². The lowest BCUT2D eigenvalue weighted by Crippen LogP contribution is -2.38. The molecule has 108 valence electrons. The quantitative estimate of drug-likeness (QED) is 0.808. The molecule has 18 heavy (non-hydrogen) atoms. The third kappa shape index (κ3) is 4.86. The Morgan fingerprint density at radius 1 is 1.33 bits per heavy atom. The van der Waals surface area contributed by atoms with Crippen LogP contribution < -0.4 is 0 Å². The van der Waals surface area contributed by atoms with Crippen molar-refractivity contribution in [3.05, 3.63) is 0 Å². The van der Waals surface area contributed by atoms with Crippen molar-refractivity contribution < 1.29 is 13.5 Å². The maximum atomic E-state index is 12.3. The van der Waals surface area contributed by atoms with Gasteiger partial charge in [-0.05, 0) is 37.5 Å². The molecular weight excluding hydrogens is 250 g/mol. The highest BCUT2D eigenvalue weighted by molar-refractivity contribution is 7.89. The van der Waals surface area contributed by atoms with Crippen molar-refractivity contribution >= 4 is 10.0 Å². The first kappa shape index (κ1) is 15.9. The standard InChI is InChI=1S/C13H27NO3S/c1-13(2,3)8-11-18(16,17)14-9-4-6-12(14)7-5-10-15/h12,15H,4-11H2,1-3H3. The van der Waals surface area contributed by atoms with Crippen molar-refractivity contribution in [1.29, 1.82) is 0 Å². The molecule has 0 bridgehead atoms. The van der Waals surface area contributed by atoms with Gasteiger partial charge in [0, 0.05) is 19.2 Å². The van der Waals surface area contributed by atoms with E-state index in [0.29, 0.717) is 19.4 Å². The number of aliphatic hydroxyl groups is 1. The van der Waals surface area contributed by atoms with Crippen molar-refractivity contribution in [3.8, 4) is 0 Å². The zero-order chi connectivity index (χ0) is 13.8. The molecule has 1 fully saturated rings. The van der Waals surface area contributed by atoms with Gasteiger partial charge < -0.3 is 5.11 Å². The van der Waals surface area contributed by atoms with E-state index in [1.54, 1.807) is 4.31 Å². The molecule has 1 aliphatic rings. The van der Waals surface area contributed by atoms with Gasteiger partial charge in [-0.15, -0.1) is 0 Å². The number of hydrogen-bond acceptors (Lipinski definition) is 3. The summed E-state index contributed by atoms with van der Waals surface area (Å²) in [6.45, 7) is 7.00.